The molecule has 0 aliphatic heterocycles. The van der Waals surface area contributed by atoms with Crippen molar-refractivity contribution < 1.29 is 78.4 Å². The van der Waals surface area contributed by atoms with Gasteiger partial charge in [0.15, 0.2) is 0 Å². The zero-order valence-corrected chi connectivity index (χ0v) is 31.2. The van der Waals surface area contributed by atoms with Crippen LogP contribution >= 0.6 is 0 Å². The number of pyridine rings is 2. The summed E-state index contributed by atoms with van der Waals surface area (Å²) in [6.45, 7) is 0. The largest absolute Gasteiger partial charge is 2.00 e. The van der Waals surface area contributed by atoms with E-state index < -0.39 is 10.2 Å². The van der Waals surface area contributed by atoms with Crippen LogP contribution in [0.2, 0.25) is 0 Å². The van der Waals surface area contributed by atoms with Crippen molar-refractivity contribution in [3.05, 3.63) is 150 Å². The third-order valence-electron chi connectivity index (χ3n) is 4.90. The molecule has 272 valence electrons. The number of amides is 2. The van der Waals surface area contributed by atoms with Gasteiger partial charge in [-0.1, -0.05) is 24.3 Å². The summed E-state index contributed by atoms with van der Waals surface area (Å²) in [6, 6.07) is 21.3. The van der Waals surface area contributed by atoms with Crippen LogP contribution in [-0.4, -0.2) is 58.6 Å². The summed E-state index contributed by atoms with van der Waals surface area (Å²) in [5, 5.41) is 37.3. The molecule has 0 saturated carbocycles. The zero-order chi connectivity index (χ0) is 34.2. The number of methoxy groups -OCH3 is 2. The molecule has 4 rings (SSSR count). The van der Waals surface area contributed by atoms with E-state index in [1.807, 2.05) is 48.5 Å². The Morgan fingerprint density at radius 2 is 0.882 bits per heavy atom. The van der Waals surface area contributed by atoms with Crippen LogP contribution in [0.25, 0.3) is 0 Å². The van der Waals surface area contributed by atoms with Gasteiger partial charge in [-0.05, 0) is 48.5 Å². The first kappa shape index (κ1) is 54.2. The molecule has 0 bridgehead atoms. The van der Waals surface area contributed by atoms with Crippen molar-refractivity contribution in [3.63, 3.8) is 0 Å². The molecule has 0 atom stereocenters. The van der Waals surface area contributed by atoms with Gasteiger partial charge in [-0.25, -0.2) is 10.9 Å². The number of carbonyl (C=O) groups excluding carboxylic acids is 2. The molecule has 2 amide bonds. The van der Waals surface area contributed by atoms with Crippen molar-refractivity contribution in [3.8, 4) is 11.5 Å². The van der Waals surface area contributed by atoms with E-state index in [-0.39, 0.29) is 61.0 Å². The molecule has 23 heteroatoms. The Bertz CT molecular complexity index is 1480. The van der Waals surface area contributed by atoms with Crippen LogP contribution < -0.4 is 20.3 Å². The van der Waals surface area contributed by atoms with E-state index in [4.69, 9.17) is 40.1 Å². The van der Waals surface area contributed by atoms with Crippen LogP contribution in [0.4, 0.5) is 0 Å². The molecule has 0 fully saturated rings. The van der Waals surface area contributed by atoms with Gasteiger partial charge in [0.25, 0.3) is 11.8 Å². The summed E-state index contributed by atoms with van der Waals surface area (Å²) >= 11 is 0. The van der Waals surface area contributed by atoms with E-state index in [0.29, 0.717) is 22.6 Å². The van der Waals surface area contributed by atoms with E-state index in [1.165, 1.54) is 12.4 Å². The zero-order valence-electron chi connectivity index (χ0n) is 27.2. The second kappa shape index (κ2) is 32.3. The molecule has 0 saturated heterocycles. The predicted octanol–water partition coefficient (Wildman–Crippen LogP) is -0.460. The topological polar surface area (TPSA) is 392 Å². The van der Waals surface area contributed by atoms with Crippen molar-refractivity contribution in [2.45, 2.75) is 0 Å². The van der Waals surface area contributed by atoms with Crippen LogP contribution in [0.3, 0.4) is 0 Å². The minimum atomic E-state index is -1.75. The number of ether oxygens (including phenoxy) is 2. The van der Waals surface area contributed by atoms with Gasteiger partial charge in [0.2, 0.25) is 0 Å². The maximum Gasteiger partial charge on any atom is 2.00 e. The molecular formula is C28H38CdN8O14+4. The molecule has 4 aromatic rings. The summed E-state index contributed by atoms with van der Waals surface area (Å²) in [5.41, 5.74) is 7.49. The SMILES string of the molecule is COc1ccccc1/C=N/NC(=O)c1ccncc1.COc1ccccc1/C=N/NC(=O)c1ccncc1.O=[N+]([O-])[O-].O=[N+]([O-])[O-].[Cd+2].[OH3+].[OH3+].[OH3+].[OH3+]. The molecule has 2 aromatic carbocycles. The Kier molecular flexibility index (Phi) is 34.4. The smallest absolute Gasteiger partial charge is 0.496 e. The van der Waals surface area contributed by atoms with Crippen molar-refractivity contribution >= 4 is 24.2 Å². The Morgan fingerprint density at radius 3 is 1.16 bits per heavy atom. The first-order valence-electron chi connectivity index (χ1n) is 12.4. The Labute approximate surface area is 309 Å². The summed E-state index contributed by atoms with van der Waals surface area (Å²) in [7, 11) is 3.17. The Hall–Kier alpha value is -6.22. The second-order valence-corrected chi connectivity index (χ2v) is 7.80. The molecule has 14 N–H and O–H groups in total. The number of rotatable bonds is 8. The van der Waals surface area contributed by atoms with Gasteiger partial charge in [0.1, 0.15) is 11.5 Å². The Balaban J connectivity index is -0.000000211. The minimum absolute atomic E-state index is 0. The van der Waals surface area contributed by atoms with Gasteiger partial charge >= 0.3 is 27.3 Å². The molecule has 51 heavy (non-hydrogen) atoms. The van der Waals surface area contributed by atoms with E-state index in [9.17, 15) is 9.59 Å². The predicted molar refractivity (Wildman–Crippen MR) is 185 cm³/mol. The molecule has 0 aliphatic carbocycles. The first-order chi connectivity index (χ1) is 22.1. The number of aromatic nitrogens is 2. The maximum absolute atomic E-state index is 11.7. The van der Waals surface area contributed by atoms with Gasteiger partial charge in [-0.2, -0.15) is 10.2 Å². The van der Waals surface area contributed by atoms with Crippen LogP contribution in [0.5, 0.6) is 11.5 Å². The number of hydrogen-bond acceptors (Lipinski definition) is 14. The van der Waals surface area contributed by atoms with Crippen molar-refractivity contribution in [1.29, 1.82) is 0 Å². The summed E-state index contributed by atoms with van der Waals surface area (Å²) in [5.74, 6) is 0.830. The molecule has 2 aromatic heterocycles. The number of carbonyl (C=O) groups is 2. The van der Waals surface area contributed by atoms with Crippen LogP contribution in [0.1, 0.15) is 31.8 Å². The molecule has 0 unspecified atom stereocenters. The number of hydrazone groups is 2. The van der Waals surface area contributed by atoms with E-state index >= 15 is 0 Å². The van der Waals surface area contributed by atoms with Crippen molar-refractivity contribution in [2.24, 2.45) is 10.2 Å². The van der Waals surface area contributed by atoms with E-state index in [2.05, 4.69) is 31.0 Å². The fourth-order valence-electron chi connectivity index (χ4n) is 3.00. The van der Waals surface area contributed by atoms with E-state index in [1.54, 1.807) is 63.3 Å². The van der Waals surface area contributed by atoms with Gasteiger partial charge in [-0.3, -0.25) is 19.6 Å². The fraction of sp³-hybridized carbons (Fsp3) is 0.0714. The normalized spacial score (nSPS) is 8.67. The minimum Gasteiger partial charge on any atom is -0.496 e. The fourth-order valence-corrected chi connectivity index (χ4v) is 3.00. The molecule has 0 radical (unpaired) electrons. The van der Waals surface area contributed by atoms with Gasteiger partial charge in [0.05, 0.1) is 36.8 Å². The summed E-state index contributed by atoms with van der Waals surface area (Å²) < 4.78 is 10.4. The second-order valence-electron chi connectivity index (χ2n) is 7.80. The monoisotopic (exact) mass is 824 g/mol. The number of para-hydroxylation sites is 2. The Morgan fingerprint density at radius 1 is 0.608 bits per heavy atom. The average molecular weight is 823 g/mol. The third-order valence-corrected chi connectivity index (χ3v) is 4.90. The van der Waals surface area contributed by atoms with Gasteiger partial charge < -0.3 is 62.0 Å². The van der Waals surface area contributed by atoms with E-state index in [0.717, 1.165) is 11.1 Å². The number of hydrogen-bond donors (Lipinski definition) is 2. The van der Waals surface area contributed by atoms with Crippen LogP contribution in [0, 0.1) is 30.6 Å². The summed E-state index contributed by atoms with van der Waals surface area (Å²) in [4.78, 5) is 47.6. The number of nitrogens with zero attached hydrogens (tertiary/aromatic N) is 6. The van der Waals surface area contributed by atoms with Crippen molar-refractivity contribution in [1.82, 2.24) is 20.8 Å². The van der Waals surface area contributed by atoms with Crippen molar-refractivity contribution in [2.75, 3.05) is 14.2 Å². The molecule has 0 aliphatic rings. The van der Waals surface area contributed by atoms with Crippen LogP contribution in [-0.2, 0) is 49.2 Å². The molecule has 2 heterocycles. The first-order valence-corrected chi connectivity index (χ1v) is 12.4. The summed E-state index contributed by atoms with van der Waals surface area (Å²) in [6.07, 6.45) is 9.30. The quantitative estimate of drug-likeness (QED) is 0.0750. The molecule has 0 spiro atoms. The van der Waals surface area contributed by atoms with Crippen LogP contribution in [0.15, 0.2) is 108 Å². The molecular weight excluding hydrogens is 785 g/mol. The number of nitrogens with one attached hydrogen (secondary N) is 2. The van der Waals surface area contributed by atoms with Gasteiger partial charge in [0, 0.05) is 47.0 Å². The van der Waals surface area contributed by atoms with Gasteiger partial charge in [-0.15, -0.1) is 0 Å². The standard InChI is InChI=1S/2C14H13N3O2.Cd.2NO3.4H2O/c2*1-19-13-5-3-2-4-12(13)10-16-17-14(18)11-6-8-15-9-7-11;;2*2-1(3)4;;;;/h2*2-10H,1H3,(H,17,18);;;;4*1H2/q;;+2;2*-1;;;;/p+4/b2*16-10+;;;;;;;. The average Bonchev–Trinajstić information content (AvgIpc) is 3.05. The maximum atomic E-state index is 11.7. The number of benzene rings is 2. The molecule has 22 nitrogen and oxygen atoms in total. The third kappa shape index (κ3) is 24.6.